The number of hydrogen-bond acceptors (Lipinski definition) is 5. The quantitative estimate of drug-likeness (QED) is 0.562. The minimum Gasteiger partial charge on any atom is -0.497 e. The van der Waals surface area contributed by atoms with E-state index in [2.05, 4.69) is 32.2 Å². The second kappa shape index (κ2) is 8.69. The maximum Gasteiger partial charge on any atom is 0.237 e. The Balaban J connectivity index is 1.47. The Morgan fingerprint density at radius 1 is 1.17 bits per heavy atom. The lowest BCUT2D eigenvalue weighted by molar-refractivity contribution is -0.115. The van der Waals surface area contributed by atoms with Crippen molar-refractivity contribution in [1.82, 2.24) is 14.8 Å². The van der Waals surface area contributed by atoms with Crippen LogP contribution in [-0.4, -0.2) is 33.0 Å². The molecule has 3 aromatic rings. The zero-order chi connectivity index (χ0) is 20.2. The summed E-state index contributed by atoms with van der Waals surface area (Å²) >= 11 is 1.44. The maximum absolute atomic E-state index is 12.7. The molecule has 150 valence electrons. The number of rotatable bonds is 8. The molecule has 1 fully saturated rings. The van der Waals surface area contributed by atoms with Crippen LogP contribution in [0, 0.1) is 0 Å². The summed E-state index contributed by atoms with van der Waals surface area (Å²) in [5.41, 5.74) is 1.94. The Hall–Kier alpha value is -2.80. The van der Waals surface area contributed by atoms with Crippen molar-refractivity contribution in [3.63, 3.8) is 0 Å². The molecule has 2 aromatic carbocycles. The number of benzene rings is 2. The van der Waals surface area contributed by atoms with Gasteiger partial charge in [0.1, 0.15) is 11.6 Å². The van der Waals surface area contributed by atoms with Gasteiger partial charge in [0.05, 0.1) is 18.9 Å². The summed E-state index contributed by atoms with van der Waals surface area (Å²) in [5.74, 6) is 2.21. The third-order valence-corrected chi connectivity index (χ3v) is 5.96. The van der Waals surface area contributed by atoms with Crippen LogP contribution >= 0.6 is 11.8 Å². The molecular weight excluding hydrogens is 384 g/mol. The fourth-order valence-electron chi connectivity index (χ4n) is 3.08. The van der Waals surface area contributed by atoms with Gasteiger partial charge in [-0.25, -0.2) is 0 Å². The molecule has 1 amide bonds. The summed E-state index contributed by atoms with van der Waals surface area (Å²) in [5, 5.41) is 12.3. The van der Waals surface area contributed by atoms with Crippen LogP contribution in [-0.2, 0) is 11.3 Å². The minimum atomic E-state index is -0.303. The van der Waals surface area contributed by atoms with E-state index in [9.17, 15) is 4.79 Å². The minimum absolute atomic E-state index is 0.0672. The molecule has 4 rings (SSSR count). The zero-order valence-electron chi connectivity index (χ0n) is 16.5. The molecule has 0 saturated heterocycles. The fraction of sp³-hybridized carbons (Fsp3) is 0.318. The average molecular weight is 409 g/mol. The van der Waals surface area contributed by atoms with Gasteiger partial charge in [0.15, 0.2) is 5.16 Å². The summed E-state index contributed by atoms with van der Waals surface area (Å²) in [7, 11) is 1.62. The van der Waals surface area contributed by atoms with Gasteiger partial charge in [-0.15, -0.1) is 10.2 Å². The van der Waals surface area contributed by atoms with Crippen LogP contribution in [0.1, 0.15) is 37.1 Å². The topological polar surface area (TPSA) is 69.0 Å². The molecule has 7 heteroatoms. The molecule has 1 aliphatic carbocycles. The number of thioether (sulfide) groups is 1. The Labute approximate surface area is 174 Å². The Kier molecular flexibility index (Phi) is 5.85. The van der Waals surface area contributed by atoms with Gasteiger partial charge in [-0.3, -0.25) is 4.79 Å². The molecule has 0 spiro atoms. The second-order valence-corrected chi connectivity index (χ2v) is 8.47. The van der Waals surface area contributed by atoms with Crippen LogP contribution in [0.3, 0.4) is 0 Å². The molecule has 0 bridgehead atoms. The summed E-state index contributed by atoms with van der Waals surface area (Å²) < 4.78 is 7.32. The number of ether oxygens (including phenoxy) is 1. The van der Waals surface area contributed by atoms with Gasteiger partial charge in [-0.05, 0) is 49.6 Å². The van der Waals surface area contributed by atoms with Crippen molar-refractivity contribution in [1.29, 1.82) is 0 Å². The van der Waals surface area contributed by atoms with Crippen molar-refractivity contribution < 1.29 is 9.53 Å². The predicted octanol–water partition coefficient (Wildman–Crippen LogP) is 4.33. The fourth-order valence-corrected chi connectivity index (χ4v) is 3.93. The van der Waals surface area contributed by atoms with Crippen molar-refractivity contribution in [3.8, 4) is 5.75 Å². The van der Waals surface area contributed by atoms with Gasteiger partial charge >= 0.3 is 0 Å². The maximum atomic E-state index is 12.7. The van der Waals surface area contributed by atoms with Crippen molar-refractivity contribution in [2.45, 2.75) is 42.6 Å². The van der Waals surface area contributed by atoms with Crippen LogP contribution in [0.4, 0.5) is 5.69 Å². The van der Waals surface area contributed by atoms with Crippen LogP contribution in [0.15, 0.2) is 59.8 Å². The van der Waals surface area contributed by atoms with Crippen LogP contribution < -0.4 is 10.1 Å². The number of carbonyl (C=O) groups excluding carboxylic acids is 1. The van der Waals surface area contributed by atoms with Crippen molar-refractivity contribution in [2.24, 2.45) is 0 Å². The molecule has 1 N–H and O–H groups in total. The zero-order valence-corrected chi connectivity index (χ0v) is 17.4. The summed E-state index contributed by atoms with van der Waals surface area (Å²) in [6, 6.07) is 17.6. The van der Waals surface area contributed by atoms with Gasteiger partial charge in [-0.2, -0.15) is 0 Å². The molecule has 6 nitrogen and oxygen atoms in total. The predicted molar refractivity (Wildman–Crippen MR) is 114 cm³/mol. The van der Waals surface area contributed by atoms with Gasteiger partial charge in [0.2, 0.25) is 5.91 Å². The third kappa shape index (κ3) is 4.79. The Bertz CT molecular complexity index is 968. The van der Waals surface area contributed by atoms with E-state index < -0.39 is 0 Å². The highest BCUT2D eigenvalue weighted by molar-refractivity contribution is 8.00. The molecule has 0 aliphatic heterocycles. The highest BCUT2D eigenvalue weighted by Gasteiger charge is 2.31. The summed E-state index contributed by atoms with van der Waals surface area (Å²) in [4.78, 5) is 12.7. The Morgan fingerprint density at radius 3 is 2.55 bits per heavy atom. The van der Waals surface area contributed by atoms with E-state index in [0.717, 1.165) is 41.8 Å². The normalized spacial score (nSPS) is 14.4. The molecule has 1 aromatic heterocycles. The van der Waals surface area contributed by atoms with E-state index in [1.165, 1.54) is 17.3 Å². The molecule has 0 radical (unpaired) electrons. The van der Waals surface area contributed by atoms with E-state index in [-0.39, 0.29) is 11.2 Å². The molecule has 1 heterocycles. The summed E-state index contributed by atoms with van der Waals surface area (Å²) in [6.45, 7) is 2.61. The van der Waals surface area contributed by atoms with Crippen molar-refractivity contribution in [3.05, 3.63) is 66.0 Å². The third-order valence-electron chi connectivity index (χ3n) is 4.88. The number of aromatic nitrogens is 3. The second-order valence-electron chi connectivity index (χ2n) is 7.16. The van der Waals surface area contributed by atoms with E-state index in [1.807, 2.05) is 49.4 Å². The van der Waals surface area contributed by atoms with Crippen molar-refractivity contribution >= 4 is 23.4 Å². The van der Waals surface area contributed by atoms with Gasteiger partial charge in [-0.1, -0.05) is 42.1 Å². The highest BCUT2D eigenvalue weighted by Crippen LogP contribution is 2.40. The first-order valence-electron chi connectivity index (χ1n) is 9.72. The lowest BCUT2D eigenvalue weighted by atomic mass is 10.2. The number of amides is 1. The number of nitrogens with zero attached hydrogens (tertiary/aromatic N) is 3. The molecule has 29 heavy (non-hydrogen) atoms. The number of anilines is 1. The van der Waals surface area contributed by atoms with Crippen molar-refractivity contribution in [2.75, 3.05) is 12.4 Å². The van der Waals surface area contributed by atoms with Crippen LogP contribution in [0.2, 0.25) is 0 Å². The highest BCUT2D eigenvalue weighted by atomic mass is 32.2. The smallest absolute Gasteiger partial charge is 0.237 e. The van der Waals surface area contributed by atoms with Crippen LogP contribution in [0.5, 0.6) is 5.75 Å². The van der Waals surface area contributed by atoms with E-state index in [0.29, 0.717) is 5.92 Å². The number of hydrogen-bond donors (Lipinski definition) is 1. The molecular formula is C22H24N4O2S. The van der Waals surface area contributed by atoms with Gasteiger partial charge in [0, 0.05) is 11.6 Å². The van der Waals surface area contributed by atoms with Gasteiger partial charge in [0.25, 0.3) is 0 Å². The largest absolute Gasteiger partial charge is 0.497 e. The molecule has 1 saturated carbocycles. The Morgan fingerprint density at radius 2 is 1.90 bits per heavy atom. The molecule has 1 atom stereocenters. The van der Waals surface area contributed by atoms with E-state index >= 15 is 0 Å². The number of nitrogens with one attached hydrogen (secondary N) is 1. The monoisotopic (exact) mass is 408 g/mol. The lowest BCUT2D eigenvalue weighted by Crippen LogP contribution is -2.23. The SMILES string of the molecule is COc1ccc(NC(=O)[C@@H](C)Sc2nnc(C3CC3)n2Cc2ccccc2)cc1. The van der Waals surface area contributed by atoms with Crippen LogP contribution in [0.25, 0.3) is 0 Å². The lowest BCUT2D eigenvalue weighted by Gasteiger charge is -2.14. The average Bonchev–Trinajstić information content (AvgIpc) is 3.52. The van der Waals surface area contributed by atoms with E-state index in [4.69, 9.17) is 4.74 Å². The number of methoxy groups -OCH3 is 1. The first-order chi connectivity index (χ1) is 14.1. The first kappa shape index (κ1) is 19.5. The standard InChI is InChI=1S/C22H24N4O2S/c1-15(21(27)23-18-10-12-19(28-2)13-11-18)29-22-25-24-20(17-8-9-17)26(22)14-16-6-4-3-5-7-16/h3-7,10-13,15,17H,8-9,14H2,1-2H3,(H,23,27)/t15-/m1/s1. The van der Waals surface area contributed by atoms with Gasteiger partial charge < -0.3 is 14.6 Å². The molecule has 0 unspecified atom stereocenters. The number of carbonyl (C=O) groups is 1. The molecule has 1 aliphatic rings. The summed E-state index contributed by atoms with van der Waals surface area (Å²) in [6.07, 6.45) is 2.32. The van der Waals surface area contributed by atoms with E-state index in [1.54, 1.807) is 7.11 Å². The first-order valence-corrected chi connectivity index (χ1v) is 10.6.